The quantitative estimate of drug-likeness (QED) is 0.604. The Bertz CT molecular complexity index is 754. The minimum atomic E-state index is -2.56. The third-order valence-electron chi connectivity index (χ3n) is 6.42. The zero-order valence-corrected chi connectivity index (χ0v) is 17.2. The molecule has 2 heterocycles. The minimum Gasteiger partial charge on any atom is -0.388 e. The summed E-state index contributed by atoms with van der Waals surface area (Å²) in [4.78, 5) is 12.2. The number of halogens is 3. The second-order valence-corrected chi connectivity index (χ2v) is 8.81. The van der Waals surface area contributed by atoms with E-state index in [-0.39, 0.29) is 49.2 Å². The number of fused-ring (bicyclic) bond motifs is 1. The van der Waals surface area contributed by atoms with Gasteiger partial charge in [-0.2, -0.15) is 0 Å². The van der Waals surface area contributed by atoms with Crippen molar-refractivity contribution in [3.63, 3.8) is 0 Å². The Hall–Kier alpha value is -1.68. The van der Waals surface area contributed by atoms with Gasteiger partial charge >= 0.3 is 0 Å². The summed E-state index contributed by atoms with van der Waals surface area (Å²) in [5.74, 6) is -3.07. The van der Waals surface area contributed by atoms with Crippen LogP contribution in [0.4, 0.5) is 13.2 Å². The van der Waals surface area contributed by atoms with Crippen molar-refractivity contribution in [1.29, 1.82) is 0 Å². The Morgan fingerprint density at radius 3 is 2.55 bits per heavy atom. The highest BCUT2D eigenvalue weighted by Crippen LogP contribution is 2.36. The zero-order valence-electron chi connectivity index (χ0n) is 17.2. The fraction of sp³-hybridized carbons (Fsp3) is 0.682. The normalized spacial score (nSPS) is 32.7. The first kappa shape index (κ1) is 22.5. The lowest BCUT2D eigenvalue weighted by molar-refractivity contribution is -0.124. The van der Waals surface area contributed by atoms with Crippen molar-refractivity contribution in [2.75, 3.05) is 6.54 Å². The molecule has 0 radical (unpaired) electrons. The van der Waals surface area contributed by atoms with E-state index in [9.17, 15) is 23.1 Å². The number of aliphatic hydroxyl groups excluding tert-OH is 1. The van der Waals surface area contributed by atoms with E-state index in [0.717, 1.165) is 5.56 Å². The van der Waals surface area contributed by atoms with Gasteiger partial charge in [-0.3, -0.25) is 4.79 Å². The Morgan fingerprint density at radius 1 is 1.16 bits per heavy atom. The third-order valence-corrected chi connectivity index (χ3v) is 6.42. The summed E-state index contributed by atoms with van der Waals surface area (Å²) in [6.07, 6.45) is -1.13. The highest BCUT2D eigenvalue weighted by atomic mass is 19.3. The lowest BCUT2D eigenvalue weighted by atomic mass is 9.92. The van der Waals surface area contributed by atoms with E-state index in [2.05, 4.69) is 10.6 Å². The first-order chi connectivity index (χ1) is 14.8. The maximum Gasteiger partial charge on any atom is 0.248 e. The van der Waals surface area contributed by atoms with Crippen LogP contribution in [0.25, 0.3) is 0 Å². The van der Waals surface area contributed by atoms with Crippen LogP contribution in [-0.4, -0.2) is 60.0 Å². The molecule has 1 aromatic carbocycles. The molecule has 3 aliphatic rings. The van der Waals surface area contributed by atoms with Gasteiger partial charge in [0.05, 0.1) is 24.7 Å². The summed E-state index contributed by atoms with van der Waals surface area (Å²) in [6, 6.07) is 5.92. The molecule has 0 unspecified atom stereocenters. The Labute approximate surface area is 179 Å². The summed E-state index contributed by atoms with van der Waals surface area (Å²) >= 11 is 0. The molecule has 3 fully saturated rings. The van der Waals surface area contributed by atoms with Gasteiger partial charge in [-0.1, -0.05) is 12.1 Å². The smallest absolute Gasteiger partial charge is 0.248 e. The molecular weight excluding hydrogens is 413 g/mol. The fourth-order valence-corrected chi connectivity index (χ4v) is 4.62. The van der Waals surface area contributed by atoms with Crippen LogP contribution in [0.3, 0.4) is 0 Å². The molecule has 5 atom stereocenters. The average molecular weight is 442 g/mol. The molecule has 9 heteroatoms. The number of ether oxygens (including phenoxy) is 2. The molecule has 1 aliphatic carbocycles. The van der Waals surface area contributed by atoms with E-state index < -0.39 is 24.2 Å². The zero-order chi connectivity index (χ0) is 22.0. The van der Waals surface area contributed by atoms with Crippen LogP contribution in [0.2, 0.25) is 0 Å². The molecule has 2 aliphatic heterocycles. The number of hydrogen-bond donors (Lipinski definition) is 3. The number of amides is 1. The van der Waals surface area contributed by atoms with Gasteiger partial charge in [0, 0.05) is 38.4 Å². The van der Waals surface area contributed by atoms with Crippen molar-refractivity contribution in [3.8, 4) is 0 Å². The van der Waals surface area contributed by atoms with Crippen molar-refractivity contribution in [1.82, 2.24) is 10.6 Å². The van der Waals surface area contributed by atoms with Crippen LogP contribution in [0, 0.1) is 5.82 Å². The highest BCUT2D eigenvalue weighted by molar-refractivity contribution is 5.76. The SMILES string of the molecule is O=C(C[C@@H]1C[C@H]2O[C@H](CNC3CCC(F)(F)CC3)[C@@H](O)[C@H]2O1)NCc1ccc(F)cc1. The van der Waals surface area contributed by atoms with Gasteiger partial charge in [-0.25, -0.2) is 13.2 Å². The number of carbonyl (C=O) groups is 1. The van der Waals surface area contributed by atoms with Crippen LogP contribution >= 0.6 is 0 Å². The molecule has 2 saturated heterocycles. The van der Waals surface area contributed by atoms with Crippen LogP contribution in [-0.2, 0) is 20.8 Å². The van der Waals surface area contributed by atoms with Crippen LogP contribution in [0.5, 0.6) is 0 Å². The monoisotopic (exact) mass is 442 g/mol. The first-order valence-electron chi connectivity index (χ1n) is 10.9. The van der Waals surface area contributed by atoms with Crippen molar-refractivity contribution in [2.45, 2.75) is 87.6 Å². The Balaban J connectivity index is 1.17. The number of rotatable bonds is 7. The Morgan fingerprint density at radius 2 is 1.87 bits per heavy atom. The van der Waals surface area contributed by atoms with Gasteiger partial charge in [0.15, 0.2) is 0 Å². The van der Waals surface area contributed by atoms with Gasteiger partial charge in [0.1, 0.15) is 18.0 Å². The molecule has 0 aromatic heterocycles. The van der Waals surface area contributed by atoms with Gasteiger partial charge in [-0.05, 0) is 30.5 Å². The summed E-state index contributed by atoms with van der Waals surface area (Å²) in [6.45, 7) is 0.690. The molecule has 0 bridgehead atoms. The maximum atomic E-state index is 13.3. The van der Waals surface area contributed by atoms with E-state index in [1.54, 1.807) is 12.1 Å². The van der Waals surface area contributed by atoms with Crippen molar-refractivity contribution < 1.29 is 32.5 Å². The standard InChI is InChI=1S/C22H29F3N2O4/c23-14-3-1-13(2-4-14)11-27-19(28)10-16-9-17-21(30-16)20(29)18(31-17)12-26-15-5-7-22(24,25)8-6-15/h1-4,15-18,20-21,26,29H,5-12H2,(H,27,28)/t16-,17+,18+,20+,21-/m0/s1. The molecule has 1 saturated carbocycles. The van der Waals surface area contributed by atoms with Crippen molar-refractivity contribution in [3.05, 3.63) is 35.6 Å². The maximum absolute atomic E-state index is 13.3. The summed E-state index contributed by atoms with van der Waals surface area (Å²) in [5.41, 5.74) is 0.801. The second kappa shape index (κ2) is 9.44. The van der Waals surface area contributed by atoms with Crippen molar-refractivity contribution >= 4 is 5.91 Å². The van der Waals surface area contributed by atoms with E-state index in [1.807, 2.05) is 0 Å². The molecule has 3 N–H and O–H groups in total. The molecule has 172 valence electrons. The number of aliphatic hydroxyl groups is 1. The largest absolute Gasteiger partial charge is 0.388 e. The fourth-order valence-electron chi connectivity index (χ4n) is 4.62. The Kier molecular flexibility index (Phi) is 6.86. The number of hydrogen-bond acceptors (Lipinski definition) is 5. The van der Waals surface area contributed by atoms with E-state index in [4.69, 9.17) is 9.47 Å². The molecule has 31 heavy (non-hydrogen) atoms. The summed E-state index contributed by atoms with van der Waals surface area (Å²) in [7, 11) is 0. The number of carbonyl (C=O) groups excluding carboxylic acids is 1. The number of alkyl halides is 2. The number of benzene rings is 1. The van der Waals surface area contributed by atoms with Gasteiger partial charge in [-0.15, -0.1) is 0 Å². The van der Waals surface area contributed by atoms with Gasteiger partial charge < -0.3 is 25.2 Å². The predicted octanol–water partition coefficient (Wildman–Crippen LogP) is 2.29. The van der Waals surface area contributed by atoms with Gasteiger partial charge in [0.25, 0.3) is 0 Å². The van der Waals surface area contributed by atoms with Crippen LogP contribution in [0.15, 0.2) is 24.3 Å². The van der Waals surface area contributed by atoms with E-state index in [1.165, 1.54) is 12.1 Å². The summed E-state index contributed by atoms with van der Waals surface area (Å²) in [5, 5.41) is 16.6. The lowest BCUT2D eigenvalue weighted by Gasteiger charge is -2.30. The van der Waals surface area contributed by atoms with E-state index in [0.29, 0.717) is 32.4 Å². The highest BCUT2D eigenvalue weighted by Gasteiger charge is 2.50. The molecule has 1 aromatic rings. The second-order valence-electron chi connectivity index (χ2n) is 8.81. The molecule has 0 spiro atoms. The predicted molar refractivity (Wildman–Crippen MR) is 106 cm³/mol. The topological polar surface area (TPSA) is 79.8 Å². The molecule has 4 rings (SSSR count). The first-order valence-corrected chi connectivity index (χ1v) is 10.9. The van der Waals surface area contributed by atoms with Gasteiger partial charge in [0.2, 0.25) is 11.8 Å². The third kappa shape index (κ3) is 5.77. The minimum absolute atomic E-state index is 0.00864. The number of nitrogens with one attached hydrogen (secondary N) is 2. The molecular formula is C22H29F3N2O4. The van der Waals surface area contributed by atoms with Crippen LogP contribution in [0.1, 0.15) is 44.1 Å². The summed E-state index contributed by atoms with van der Waals surface area (Å²) < 4.78 is 51.3. The lowest BCUT2D eigenvalue weighted by Crippen LogP contribution is -2.44. The van der Waals surface area contributed by atoms with E-state index >= 15 is 0 Å². The van der Waals surface area contributed by atoms with Crippen LogP contribution < -0.4 is 10.6 Å². The average Bonchev–Trinajstić information content (AvgIpc) is 3.25. The molecule has 1 amide bonds. The molecule has 6 nitrogen and oxygen atoms in total. The van der Waals surface area contributed by atoms with Crippen molar-refractivity contribution in [2.24, 2.45) is 0 Å².